The van der Waals surface area contributed by atoms with Crippen LogP contribution in [0.4, 0.5) is 0 Å². The number of rotatable bonds is 3. The van der Waals surface area contributed by atoms with Crippen molar-refractivity contribution >= 4 is 18.3 Å². The van der Waals surface area contributed by atoms with Crippen LogP contribution in [0.5, 0.6) is 0 Å². The summed E-state index contributed by atoms with van der Waals surface area (Å²) in [4.78, 5) is 4.12. The number of hydrogen-bond donors (Lipinski definition) is 3. The summed E-state index contributed by atoms with van der Waals surface area (Å²) in [6.07, 6.45) is 1.72. The Kier molecular flexibility index (Phi) is 3.72. The number of nitrogens with zero attached hydrogens (tertiary/aromatic N) is 2. The quantitative estimate of drug-likeness (QED) is 0.286. The molecule has 0 bridgehead atoms. The molecule has 0 aliphatic carbocycles. The third-order valence-electron chi connectivity index (χ3n) is 1.40. The highest BCUT2D eigenvalue weighted by Crippen LogP contribution is 1.95. The number of hydrogen-bond acceptors (Lipinski definition) is 5. The third-order valence-corrected chi connectivity index (χ3v) is 1.52. The van der Waals surface area contributed by atoms with Gasteiger partial charge in [-0.25, -0.2) is 0 Å². The molecule has 1 heterocycles. The lowest BCUT2D eigenvalue weighted by Crippen LogP contribution is -2.28. The lowest BCUT2D eigenvalue weighted by molar-refractivity contribution is 0.715. The molecule has 0 saturated carbocycles. The minimum atomic E-state index is -0.446. The zero-order chi connectivity index (χ0) is 9.68. The molecule has 3 N–H and O–H groups in total. The molecule has 1 unspecified atom stereocenters. The predicted molar refractivity (Wildman–Crippen MR) is 56.5 cm³/mol. The van der Waals surface area contributed by atoms with Crippen LogP contribution in [0, 0.1) is 0 Å². The van der Waals surface area contributed by atoms with Crippen molar-refractivity contribution in [2.24, 2.45) is 10.8 Å². The fourth-order valence-electron chi connectivity index (χ4n) is 0.797. The van der Waals surface area contributed by atoms with Gasteiger partial charge in [-0.3, -0.25) is 10.4 Å². The van der Waals surface area contributed by atoms with Crippen LogP contribution in [0.25, 0.3) is 0 Å². The number of aromatic nitrogens is 1. The van der Waals surface area contributed by atoms with Crippen molar-refractivity contribution < 1.29 is 0 Å². The maximum absolute atomic E-state index is 5.34. The largest absolute Gasteiger partial charge is 0.302 e. The molecule has 0 radical (unpaired) electrons. The molecule has 1 aromatic heterocycles. The van der Waals surface area contributed by atoms with Crippen LogP contribution >= 0.6 is 12.6 Å². The molecular formula is C8H12N4S. The fraction of sp³-hybridized carbons (Fsp3) is 0.250. The Balaban J connectivity index is 2.68. The van der Waals surface area contributed by atoms with Gasteiger partial charge in [-0.15, -0.1) is 12.6 Å². The van der Waals surface area contributed by atoms with E-state index >= 15 is 0 Å². The van der Waals surface area contributed by atoms with Gasteiger partial charge in [0.1, 0.15) is 5.50 Å². The van der Waals surface area contributed by atoms with E-state index in [-0.39, 0.29) is 0 Å². The van der Waals surface area contributed by atoms with Gasteiger partial charge in [0.2, 0.25) is 0 Å². The standard InChI is InChI=1S/C8H12N4S/c1-6(11-12-8(9)13)7-4-2-3-5-10-7/h2-5,8,12-13H,9H2,1H3/b11-6+. The second-order valence-corrected chi connectivity index (χ2v) is 3.04. The van der Waals surface area contributed by atoms with Crippen molar-refractivity contribution in [3.8, 4) is 0 Å². The maximum atomic E-state index is 5.34. The number of nitrogens with one attached hydrogen (secondary N) is 1. The van der Waals surface area contributed by atoms with Crippen LogP contribution in [-0.4, -0.2) is 16.2 Å². The summed E-state index contributed by atoms with van der Waals surface area (Å²) < 4.78 is 0. The monoisotopic (exact) mass is 196 g/mol. The molecule has 1 rings (SSSR count). The zero-order valence-electron chi connectivity index (χ0n) is 7.31. The molecule has 5 heteroatoms. The first-order valence-corrected chi connectivity index (χ1v) is 4.36. The van der Waals surface area contributed by atoms with Crippen LogP contribution in [0.15, 0.2) is 29.5 Å². The Morgan fingerprint density at radius 3 is 3.00 bits per heavy atom. The molecule has 1 aromatic rings. The van der Waals surface area contributed by atoms with Gasteiger partial charge in [0.25, 0.3) is 0 Å². The van der Waals surface area contributed by atoms with Crippen LogP contribution < -0.4 is 11.2 Å². The van der Waals surface area contributed by atoms with E-state index in [1.807, 2.05) is 25.1 Å². The molecule has 0 spiro atoms. The maximum Gasteiger partial charge on any atom is 0.136 e. The van der Waals surface area contributed by atoms with Crippen molar-refractivity contribution in [2.45, 2.75) is 12.4 Å². The number of thiol groups is 1. The summed E-state index contributed by atoms with van der Waals surface area (Å²) in [5, 5.41) is 4.00. The molecular weight excluding hydrogens is 184 g/mol. The van der Waals surface area contributed by atoms with E-state index in [2.05, 4.69) is 28.1 Å². The first-order chi connectivity index (χ1) is 6.20. The lowest BCUT2D eigenvalue weighted by Gasteiger charge is -2.04. The Morgan fingerprint density at radius 2 is 2.46 bits per heavy atom. The first kappa shape index (κ1) is 10.0. The average Bonchev–Trinajstić information content (AvgIpc) is 2.15. The minimum absolute atomic E-state index is 0.446. The molecule has 13 heavy (non-hydrogen) atoms. The summed E-state index contributed by atoms with van der Waals surface area (Å²) in [6, 6.07) is 5.64. The highest BCUT2D eigenvalue weighted by atomic mass is 32.1. The average molecular weight is 196 g/mol. The van der Waals surface area contributed by atoms with Crippen LogP contribution in [-0.2, 0) is 0 Å². The van der Waals surface area contributed by atoms with Gasteiger partial charge >= 0.3 is 0 Å². The van der Waals surface area contributed by atoms with Gasteiger partial charge < -0.3 is 5.73 Å². The van der Waals surface area contributed by atoms with Crippen LogP contribution in [0.1, 0.15) is 12.6 Å². The molecule has 0 amide bonds. The number of hydrazone groups is 1. The van der Waals surface area contributed by atoms with Gasteiger partial charge in [0.15, 0.2) is 0 Å². The van der Waals surface area contributed by atoms with E-state index in [1.54, 1.807) is 6.20 Å². The van der Waals surface area contributed by atoms with E-state index in [0.717, 1.165) is 11.4 Å². The van der Waals surface area contributed by atoms with Crippen molar-refractivity contribution in [1.29, 1.82) is 0 Å². The highest BCUT2D eigenvalue weighted by molar-refractivity contribution is 7.80. The Bertz CT molecular complexity index is 283. The van der Waals surface area contributed by atoms with Gasteiger partial charge in [-0.1, -0.05) is 6.07 Å². The van der Waals surface area contributed by atoms with E-state index in [4.69, 9.17) is 5.73 Å². The molecule has 0 fully saturated rings. The minimum Gasteiger partial charge on any atom is -0.302 e. The smallest absolute Gasteiger partial charge is 0.136 e. The Morgan fingerprint density at radius 1 is 1.69 bits per heavy atom. The summed E-state index contributed by atoms with van der Waals surface area (Å²) in [5.41, 5.74) is 9.14. The molecule has 1 atom stereocenters. The van der Waals surface area contributed by atoms with Crippen molar-refractivity contribution in [2.75, 3.05) is 0 Å². The van der Waals surface area contributed by atoms with Gasteiger partial charge in [0, 0.05) is 6.20 Å². The molecule has 0 aromatic carbocycles. The van der Waals surface area contributed by atoms with Gasteiger partial charge in [0.05, 0.1) is 11.4 Å². The number of nitrogens with two attached hydrogens (primary N) is 1. The lowest BCUT2D eigenvalue weighted by atomic mass is 10.3. The normalized spacial score (nSPS) is 13.9. The number of pyridine rings is 1. The molecule has 0 saturated heterocycles. The summed E-state index contributed by atoms with van der Waals surface area (Å²) in [6.45, 7) is 1.85. The Hall–Kier alpha value is -1.07. The van der Waals surface area contributed by atoms with E-state index in [9.17, 15) is 0 Å². The first-order valence-electron chi connectivity index (χ1n) is 3.85. The second-order valence-electron chi connectivity index (χ2n) is 2.49. The molecule has 70 valence electrons. The van der Waals surface area contributed by atoms with E-state index in [0.29, 0.717) is 0 Å². The summed E-state index contributed by atoms with van der Waals surface area (Å²) in [5.74, 6) is 0. The zero-order valence-corrected chi connectivity index (χ0v) is 8.20. The highest BCUT2D eigenvalue weighted by Gasteiger charge is 1.96. The second kappa shape index (κ2) is 4.84. The van der Waals surface area contributed by atoms with Crippen LogP contribution in [0.3, 0.4) is 0 Å². The van der Waals surface area contributed by atoms with Crippen molar-refractivity contribution in [3.05, 3.63) is 30.1 Å². The SMILES string of the molecule is C/C(=N\NC(N)S)c1ccccn1. The van der Waals surface area contributed by atoms with Gasteiger partial charge in [-0.05, 0) is 19.1 Å². The fourth-order valence-corrected chi connectivity index (χ4v) is 0.855. The summed E-state index contributed by atoms with van der Waals surface area (Å²) in [7, 11) is 0. The predicted octanol–water partition coefficient (Wildman–Crippen LogP) is 0.567. The topological polar surface area (TPSA) is 63.3 Å². The molecule has 0 aliphatic heterocycles. The van der Waals surface area contributed by atoms with Crippen LogP contribution in [0.2, 0.25) is 0 Å². The molecule has 4 nitrogen and oxygen atoms in total. The van der Waals surface area contributed by atoms with Gasteiger partial charge in [-0.2, -0.15) is 5.10 Å². The Labute approximate surface area is 82.7 Å². The summed E-state index contributed by atoms with van der Waals surface area (Å²) >= 11 is 3.92. The molecule has 0 aliphatic rings. The van der Waals surface area contributed by atoms with Crippen molar-refractivity contribution in [1.82, 2.24) is 10.4 Å². The van der Waals surface area contributed by atoms with Crippen molar-refractivity contribution in [3.63, 3.8) is 0 Å². The third kappa shape index (κ3) is 3.43. The van der Waals surface area contributed by atoms with E-state index < -0.39 is 5.50 Å². The van der Waals surface area contributed by atoms with E-state index in [1.165, 1.54) is 0 Å².